The summed E-state index contributed by atoms with van der Waals surface area (Å²) in [4.78, 5) is 14.1. The molecule has 17 heavy (non-hydrogen) atoms. The summed E-state index contributed by atoms with van der Waals surface area (Å²) in [5.74, 6) is 0.131. The topological polar surface area (TPSA) is 32.3 Å². The number of nitrogens with zero attached hydrogens (tertiary/aromatic N) is 1. The first-order valence-corrected chi connectivity index (χ1v) is 6.19. The maximum atomic E-state index is 11.8. The summed E-state index contributed by atoms with van der Waals surface area (Å²) >= 11 is 0. The first kappa shape index (κ1) is 12.1. The zero-order chi connectivity index (χ0) is 12.4. The van der Waals surface area contributed by atoms with Gasteiger partial charge in [0.1, 0.15) is 0 Å². The van der Waals surface area contributed by atoms with Crippen molar-refractivity contribution in [1.82, 2.24) is 10.2 Å². The van der Waals surface area contributed by atoms with Crippen LogP contribution in [0.5, 0.6) is 0 Å². The highest BCUT2D eigenvalue weighted by molar-refractivity contribution is 5.82. The number of hydrogen-bond donors (Lipinski definition) is 1. The molecule has 1 aliphatic heterocycles. The molecule has 1 N–H and O–H groups in total. The lowest BCUT2D eigenvalue weighted by molar-refractivity contribution is -0.132. The minimum absolute atomic E-state index is 0.0543. The Morgan fingerprint density at radius 3 is 2.47 bits per heavy atom. The lowest BCUT2D eigenvalue weighted by Gasteiger charge is -2.42. The Balaban J connectivity index is 2.15. The summed E-state index contributed by atoms with van der Waals surface area (Å²) in [6, 6.07) is 10.8. The molecular formula is C14H20N2O. The van der Waals surface area contributed by atoms with Crippen LogP contribution in [0, 0.1) is 0 Å². The molecule has 0 spiro atoms. The van der Waals surface area contributed by atoms with Crippen molar-refractivity contribution in [2.75, 3.05) is 0 Å². The lowest BCUT2D eigenvalue weighted by Crippen LogP contribution is -2.62. The van der Waals surface area contributed by atoms with Gasteiger partial charge in [-0.15, -0.1) is 0 Å². The minimum Gasteiger partial charge on any atom is -0.351 e. The fourth-order valence-corrected chi connectivity index (χ4v) is 2.33. The molecule has 1 aromatic carbocycles. The van der Waals surface area contributed by atoms with Crippen LogP contribution >= 0.6 is 0 Å². The Labute approximate surface area is 103 Å². The van der Waals surface area contributed by atoms with E-state index in [4.69, 9.17) is 0 Å². The van der Waals surface area contributed by atoms with Crippen LogP contribution in [-0.2, 0) is 11.3 Å². The van der Waals surface area contributed by atoms with E-state index in [2.05, 4.69) is 36.2 Å². The third kappa shape index (κ3) is 2.50. The predicted octanol–water partition coefficient (Wildman–Crippen LogP) is 1.78. The molecule has 1 aromatic rings. The number of benzene rings is 1. The standard InChI is InChI=1S/C14H20N2O/c1-10-11(2)16(12(3)14(17)15-10)9-13-7-5-4-6-8-13/h4-8,10-12H,9H2,1-3H3,(H,15,17). The molecule has 0 aliphatic carbocycles. The molecule has 3 unspecified atom stereocenters. The summed E-state index contributed by atoms with van der Waals surface area (Å²) in [5, 5.41) is 3.01. The van der Waals surface area contributed by atoms with Crippen LogP contribution in [-0.4, -0.2) is 28.9 Å². The van der Waals surface area contributed by atoms with Gasteiger partial charge in [-0.25, -0.2) is 0 Å². The average Bonchev–Trinajstić information content (AvgIpc) is 2.33. The summed E-state index contributed by atoms with van der Waals surface area (Å²) in [7, 11) is 0. The van der Waals surface area contributed by atoms with Crippen molar-refractivity contribution in [3.63, 3.8) is 0 Å². The van der Waals surface area contributed by atoms with Crippen LogP contribution in [0.1, 0.15) is 26.3 Å². The fourth-order valence-electron chi connectivity index (χ4n) is 2.33. The molecular weight excluding hydrogens is 212 g/mol. The number of carbonyl (C=O) groups excluding carboxylic acids is 1. The highest BCUT2D eigenvalue weighted by Gasteiger charge is 2.34. The predicted molar refractivity (Wildman–Crippen MR) is 68.5 cm³/mol. The summed E-state index contributed by atoms with van der Waals surface area (Å²) in [5.41, 5.74) is 1.26. The highest BCUT2D eigenvalue weighted by Crippen LogP contribution is 2.18. The van der Waals surface area contributed by atoms with Crippen molar-refractivity contribution < 1.29 is 4.79 Å². The summed E-state index contributed by atoms with van der Waals surface area (Å²) in [6.07, 6.45) is 0. The van der Waals surface area contributed by atoms with Gasteiger partial charge in [0.05, 0.1) is 6.04 Å². The third-order valence-electron chi connectivity index (χ3n) is 3.70. The molecule has 3 atom stereocenters. The maximum absolute atomic E-state index is 11.8. The van der Waals surface area contributed by atoms with E-state index in [1.807, 2.05) is 25.1 Å². The summed E-state index contributed by atoms with van der Waals surface area (Å²) < 4.78 is 0. The normalized spacial score (nSPS) is 30.1. The van der Waals surface area contributed by atoms with Gasteiger partial charge in [-0.2, -0.15) is 0 Å². The van der Waals surface area contributed by atoms with Gasteiger partial charge in [0, 0.05) is 18.6 Å². The molecule has 1 fully saturated rings. The molecule has 0 saturated carbocycles. The molecule has 92 valence electrons. The van der Waals surface area contributed by atoms with Gasteiger partial charge in [-0.3, -0.25) is 9.69 Å². The molecule has 1 saturated heterocycles. The average molecular weight is 232 g/mol. The van der Waals surface area contributed by atoms with Crippen LogP contribution in [0.4, 0.5) is 0 Å². The number of piperazine rings is 1. The smallest absolute Gasteiger partial charge is 0.237 e. The number of carbonyl (C=O) groups is 1. The zero-order valence-electron chi connectivity index (χ0n) is 10.7. The Morgan fingerprint density at radius 2 is 1.82 bits per heavy atom. The fraction of sp³-hybridized carbons (Fsp3) is 0.500. The zero-order valence-corrected chi connectivity index (χ0v) is 10.7. The van der Waals surface area contributed by atoms with Crippen LogP contribution in [0.25, 0.3) is 0 Å². The molecule has 0 radical (unpaired) electrons. The highest BCUT2D eigenvalue weighted by atomic mass is 16.2. The van der Waals surface area contributed by atoms with E-state index in [1.54, 1.807) is 0 Å². The maximum Gasteiger partial charge on any atom is 0.237 e. The van der Waals surface area contributed by atoms with E-state index in [-0.39, 0.29) is 18.0 Å². The van der Waals surface area contributed by atoms with Gasteiger partial charge in [0.2, 0.25) is 5.91 Å². The molecule has 0 aromatic heterocycles. The van der Waals surface area contributed by atoms with Crippen LogP contribution < -0.4 is 5.32 Å². The Bertz CT molecular complexity index is 390. The van der Waals surface area contributed by atoms with Crippen molar-refractivity contribution in [3.8, 4) is 0 Å². The Hall–Kier alpha value is -1.35. The van der Waals surface area contributed by atoms with Gasteiger partial charge in [-0.1, -0.05) is 30.3 Å². The van der Waals surface area contributed by atoms with Crippen LogP contribution in [0.15, 0.2) is 30.3 Å². The van der Waals surface area contributed by atoms with E-state index in [1.165, 1.54) is 5.56 Å². The van der Waals surface area contributed by atoms with Crippen molar-refractivity contribution in [1.29, 1.82) is 0 Å². The van der Waals surface area contributed by atoms with Crippen LogP contribution in [0.3, 0.4) is 0 Å². The molecule has 3 nitrogen and oxygen atoms in total. The van der Waals surface area contributed by atoms with Crippen molar-refractivity contribution in [2.24, 2.45) is 0 Å². The SMILES string of the molecule is CC1NC(=O)C(C)N(Cc2ccccc2)C1C. The lowest BCUT2D eigenvalue weighted by atomic mass is 10.0. The Morgan fingerprint density at radius 1 is 1.18 bits per heavy atom. The molecule has 1 heterocycles. The van der Waals surface area contributed by atoms with Gasteiger partial charge in [0.25, 0.3) is 0 Å². The van der Waals surface area contributed by atoms with E-state index in [0.717, 1.165) is 6.54 Å². The second-order valence-corrected chi connectivity index (χ2v) is 4.87. The van der Waals surface area contributed by atoms with Crippen molar-refractivity contribution in [2.45, 2.75) is 45.4 Å². The number of rotatable bonds is 2. The second kappa shape index (κ2) is 4.88. The first-order chi connectivity index (χ1) is 8.09. The Kier molecular flexibility index (Phi) is 3.48. The minimum atomic E-state index is -0.0543. The third-order valence-corrected chi connectivity index (χ3v) is 3.70. The molecule has 2 rings (SSSR count). The van der Waals surface area contributed by atoms with E-state index >= 15 is 0 Å². The van der Waals surface area contributed by atoms with Gasteiger partial charge in [0.15, 0.2) is 0 Å². The van der Waals surface area contributed by atoms with E-state index in [0.29, 0.717) is 6.04 Å². The second-order valence-electron chi connectivity index (χ2n) is 4.87. The molecule has 1 aliphatic rings. The molecule has 3 heteroatoms. The monoisotopic (exact) mass is 232 g/mol. The number of nitrogens with one attached hydrogen (secondary N) is 1. The first-order valence-electron chi connectivity index (χ1n) is 6.19. The van der Waals surface area contributed by atoms with Crippen molar-refractivity contribution >= 4 is 5.91 Å². The quantitative estimate of drug-likeness (QED) is 0.843. The van der Waals surface area contributed by atoms with E-state index in [9.17, 15) is 4.79 Å². The molecule has 0 bridgehead atoms. The van der Waals surface area contributed by atoms with Gasteiger partial charge >= 0.3 is 0 Å². The molecule has 1 amide bonds. The van der Waals surface area contributed by atoms with Gasteiger partial charge < -0.3 is 5.32 Å². The number of hydrogen-bond acceptors (Lipinski definition) is 2. The largest absolute Gasteiger partial charge is 0.351 e. The van der Waals surface area contributed by atoms with E-state index < -0.39 is 0 Å². The number of amides is 1. The van der Waals surface area contributed by atoms with Crippen molar-refractivity contribution in [3.05, 3.63) is 35.9 Å². The van der Waals surface area contributed by atoms with Crippen LogP contribution in [0.2, 0.25) is 0 Å². The summed E-state index contributed by atoms with van der Waals surface area (Å²) in [6.45, 7) is 7.04. The van der Waals surface area contributed by atoms with Gasteiger partial charge in [-0.05, 0) is 26.3 Å².